The van der Waals surface area contributed by atoms with Crippen LogP contribution in [-0.4, -0.2) is 45.9 Å². The minimum Gasteiger partial charge on any atom is -0.328 e. The maximum absolute atomic E-state index is 14.5. The lowest BCUT2D eigenvalue weighted by Gasteiger charge is -2.34. The van der Waals surface area contributed by atoms with E-state index in [2.05, 4.69) is 15.3 Å². The zero-order valence-corrected chi connectivity index (χ0v) is 15.2. The van der Waals surface area contributed by atoms with Gasteiger partial charge in [0.05, 0.1) is 27.9 Å². The molecule has 0 bridgehead atoms. The number of carbonyl (C=O) groups is 2. The molecule has 2 aliphatic rings. The van der Waals surface area contributed by atoms with Crippen molar-refractivity contribution in [3.8, 4) is 0 Å². The lowest BCUT2D eigenvalue weighted by molar-refractivity contribution is -0.117. The topological polar surface area (TPSA) is 75.2 Å². The van der Waals surface area contributed by atoms with Crippen LogP contribution in [0.15, 0.2) is 24.5 Å². The molecule has 0 unspecified atom stereocenters. The molecule has 27 heavy (non-hydrogen) atoms. The van der Waals surface area contributed by atoms with E-state index in [4.69, 9.17) is 23.2 Å². The number of alkyl halides is 1. The first-order valence-electron chi connectivity index (χ1n) is 8.01. The van der Waals surface area contributed by atoms with Gasteiger partial charge in [0.2, 0.25) is 11.9 Å². The average Bonchev–Trinajstić information content (AvgIpc) is 3.26. The molecular formula is C17H12Cl2F2N4O2. The summed E-state index contributed by atoms with van der Waals surface area (Å²) in [6.45, 7) is -0.449. The van der Waals surface area contributed by atoms with Crippen molar-refractivity contribution in [3.63, 3.8) is 0 Å². The van der Waals surface area contributed by atoms with Crippen molar-refractivity contribution in [2.75, 3.05) is 18.4 Å². The summed E-state index contributed by atoms with van der Waals surface area (Å²) < 4.78 is 28.7. The Morgan fingerprint density at radius 2 is 2.00 bits per heavy atom. The van der Waals surface area contributed by atoms with Crippen LogP contribution in [0.25, 0.3) is 0 Å². The molecule has 2 atom stereocenters. The first-order valence-corrected chi connectivity index (χ1v) is 8.76. The highest BCUT2D eigenvalue weighted by atomic mass is 35.5. The quantitative estimate of drug-likeness (QED) is 0.840. The predicted octanol–water partition coefficient (Wildman–Crippen LogP) is 3.00. The minimum absolute atomic E-state index is 0.00481. The largest absolute Gasteiger partial charge is 0.328 e. The Labute approximate surface area is 162 Å². The van der Waals surface area contributed by atoms with Gasteiger partial charge in [-0.3, -0.25) is 14.9 Å². The van der Waals surface area contributed by atoms with Crippen LogP contribution >= 0.6 is 23.2 Å². The smallest absolute Gasteiger partial charge is 0.254 e. The van der Waals surface area contributed by atoms with Crippen LogP contribution in [-0.2, 0) is 10.2 Å². The number of anilines is 1. The Kier molecular flexibility index (Phi) is 4.27. The SMILES string of the molecule is O=C(CN1C[C@]2(C[C@@H]2F)c2c(ccc(Cl)c2F)C1=O)Nc1ncc(Cl)cn1. The Morgan fingerprint density at radius 3 is 2.63 bits per heavy atom. The normalized spacial score (nSPS) is 23.3. The maximum atomic E-state index is 14.5. The number of hydrogen-bond acceptors (Lipinski definition) is 4. The lowest BCUT2D eigenvalue weighted by Crippen LogP contribution is -2.48. The molecule has 140 valence electrons. The zero-order valence-electron chi connectivity index (χ0n) is 13.7. The zero-order chi connectivity index (χ0) is 19.3. The van der Waals surface area contributed by atoms with E-state index in [1.165, 1.54) is 29.4 Å². The second-order valence-electron chi connectivity index (χ2n) is 6.55. The summed E-state index contributed by atoms with van der Waals surface area (Å²) in [6.07, 6.45) is 1.39. The van der Waals surface area contributed by atoms with Gasteiger partial charge in [-0.15, -0.1) is 0 Å². The van der Waals surface area contributed by atoms with Gasteiger partial charge in [0.25, 0.3) is 5.91 Å². The van der Waals surface area contributed by atoms with Crippen molar-refractivity contribution in [3.05, 3.63) is 51.5 Å². The van der Waals surface area contributed by atoms with E-state index in [9.17, 15) is 18.4 Å². The third kappa shape index (κ3) is 3.02. The van der Waals surface area contributed by atoms with Gasteiger partial charge >= 0.3 is 0 Å². The summed E-state index contributed by atoms with van der Waals surface area (Å²) in [5.41, 5.74) is -1.13. The fraction of sp³-hybridized carbons (Fsp3) is 0.294. The fourth-order valence-electron chi connectivity index (χ4n) is 3.40. The molecule has 1 aliphatic heterocycles. The summed E-state index contributed by atoms with van der Waals surface area (Å²) in [5.74, 6) is -1.87. The summed E-state index contributed by atoms with van der Waals surface area (Å²) in [7, 11) is 0. The van der Waals surface area contributed by atoms with Gasteiger partial charge in [-0.1, -0.05) is 23.2 Å². The molecule has 2 heterocycles. The highest BCUT2D eigenvalue weighted by Gasteiger charge is 2.62. The van der Waals surface area contributed by atoms with E-state index in [1.54, 1.807) is 0 Å². The average molecular weight is 413 g/mol. The second-order valence-corrected chi connectivity index (χ2v) is 7.39. The number of rotatable bonds is 3. The van der Waals surface area contributed by atoms with E-state index in [1.807, 2.05) is 0 Å². The van der Waals surface area contributed by atoms with Crippen LogP contribution in [0.5, 0.6) is 0 Å². The van der Waals surface area contributed by atoms with Gasteiger partial charge in [0, 0.05) is 17.7 Å². The number of nitrogens with zero attached hydrogens (tertiary/aromatic N) is 3. The molecule has 4 rings (SSSR count). The van der Waals surface area contributed by atoms with Gasteiger partial charge in [-0.05, 0) is 18.6 Å². The minimum atomic E-state index is -1.30. The van der Waals surface area contributed by atoms with E-state index in [0.29, 0.717) is 5.02 Å². The first-order chi connectivity index (χ1) is 12.8. The van der Waals surface area contributed by atoms with Crippen LogP contribution in [0, 0.1) is 5.82 Å². The molecule has 2 amide bonds. The number of carbonyl (C=O) groups excluding carboxylic acids is 2. The van der Waals surface area contributed by atoms with E-state index >= 15 is 0 Å². The number of halogens is 4. The number of fused-ring (bicyclic) bond motifs is 2. The molecule has 1 spiro atoms. The van der Waals surface area contributed by atoms with Gasteiger partial charge in [-0.2, -0.15) is 0 Å². The molecule has 10 heteroatoms. The molecule has 1 aromatic carbocycles. The van der Waals surface area contributed by atoms with Crippen molar-refractivity contribution >= 4 is 41.0 Å². The van der Waals surface area contributed by atoms with Gasteiger partial charge in [-0.25, -0.2) is 18.7 Å². The van der Waals surface area contributed by atoms with E-state index < -0.39 is 29.2 Å². The number of amides is 2. The second kappa shape index (κ2) is 6.38. The van der Waals surface area contributed by atoms with Crippen molar-refractivity contribution < 1.29 is 18.4 Å². The van der Waals surface area contributed by atoms with Crippen LogP contribution < -0.4 is 5.32 Å². The van der Waals surface area contributed by atoms with E-state index in [-0.39, 0.29) is 41.6 Å². The van der Waals surface area contributed by atoms with Crippen LogP contribution in [0.1, 0.15) is 22.3 Å². The third-order valence-corrected chi connectivity index (χ3v) is 5.26. The Bertz CT molecular complexity index is 957. The van der Waals surface area contributed by atoms with Crippen molar-refractivity contribution in [2.24, 2.45) is 0 Å². The van der Waals surface area contributed by atoms with Crippen LogP contribution in [0.3, 0.4) is 0 Å². The standard InChI is InChI=1S/C17H12Cl2F2N4O2/c18-8-4-22-16(23-5-8)24-12(26)6-25-7-17(3-11(17)20)13-9(15(25)27)1-2-10(19)14(13)21/h1-2,4-5,11H,3,6-7H2,(H,22,23,24,26)/t11-,17-/m0/s1. The molecule has 1 aliphatic carbocycles. The summed E-state index contributed by atoms with van der Waals surface area (Å²) in [5, 5.41) is 2.58. The van der Waals surface area contributed by atoms with E-state index in [0.717, 1.165) is 0 Å². The highest BCUT2D eigenvalue weighted by molar-refractivity contribution is 6.31. The van der Waals surface area contributed by atoms with Gasteiger partial charge in [0.15, 0.2) is 0 Å². The number of nitrogens with one attached hydrogen (secondary N) is 1. The van der Waals surface area contributed by atoms with Crippen LogP contribution in [0.2, 0.25) is 10.0 Å². The number of aromatic nitrogens is 2. The molecular weight excluding hydrogens is 401 g/mol. The summed E-state index contributed by atoms with van der Waals surface area (Å²) in [6, 6.07) is 2.62. The van der Waals surface area contributed by atoms with Crippen molar-refractivity contribution in [1.82, 2.24) is 14.9 Å². The highest BCUT2D eigenvalue weighted by Crippen LogP contribution is 2.55. The lowest BCUT2D eigenvalue weighted by atomic mass is 9.85. The van der Waals surface area contributed by atoms with Crippen molar-refractivity contribution in [2.45, 2.75) is 18.0 Å². The molecule has 6 nitrogen and oxygen atoms in total. The molecule has 1 N–H and O–H groups in total. The number of hydrogen-bond donors (Lipinski definition) is 1. The molecule has 1 aromatic heterocycles. The number of benzene rings is 1. The third-order valence-electron chi connectivity index (χ3n) is 4.77. The Hall–Kier alpha value is -2.32. The first kappa shape index (κ1) is 18.1. The molecule has 2 aromatic rings. The molecule has 0 radical (unpaired) electrons. The Balaban J connectivity index is 1.58. The predicted molar refractivity (Wildman–Crippen MR) is 94.2 cm³/mol. The summed E-state index contributed by atoms with van der Waals surface area (Å²) >= 11 is 11.5. The van der Waals surface area contributed by atoms with Gasteiger partial charge < -0.3 is 4.90 Å². The van der Waals surface area contributed by atoms with Crippen LogP contribution in [0.4, 0.5) is 14.7 Å². The molecule has 0 saturated heterocycles. The fourth-order valence-corrected chi connectivity index (χ4v) is 3.66. The van der Waals surface area contributed by atoms with Gasteiger partial charge in [0.1, 0.15) is 18.5 Å². The Morgan fingerprint density at radius 1 is 1.33 bits per heavy atom. The summed E-state index contributed by atoms with van der Waals surface area (Å²) in [4.78, 5) is 33.8. The monoisotopic (exact) mass is 412 g/mol. The molecule has 1 fully saturated rings. The maximum Gasteiger partial charge on any atom is 0.254 e. The van der Waals surface area contributed by atoms with Crippen molar-refractivity contribution in [1.29, 1.82) is 0 Å². The molecule has 1 saturated carbocycles.